The molecular weight excluding hydrogens is 497 g/mol. The number of nitrogens with zero attached hydrogens (tertiary/aromatic N) is 3. The SMILES string of the molecule is COC(=O)C1CCC(Oc2ccnc3c2c(I)nn3Cc2ccc(OC)cc2)CC1. The molecule has 0 atom stereocenters. The number of hydrogen-bond acceptors (Lipinski definition) is 6. The number of hydrogen-bond donors (Lipinski definition) is 0. The van der Waals surface area contributed by atoms with Crippen molar-refractivity contribution < 1.29 is 19.0 Å². The lowest BCUT2D eigenvalue weighted by molar-refractivity contribution is -0.147. The fraction of sp³-hybridized carbons (Fsp3) is 0.409. The number of benzene rings is 1. The summed E-state index contributed by atoms with van der Waals surface area (Å²) in [6, 6.07) is 9.84. The molecule has 0 N–H and O–H groups in total. The van der Waals surface area contributed by atoms with Gasteiger partial charge in [0.1, 0.15) is 15.2 Å². The second-order valence-electron chi connectivity index (χ2n) is 7.42. The van der Waals surface area contributed by atoms with E-state index in [1.54, 1.807) is 13.3 Å². The average Bonchev–Trinajstić information content (AvgIpc) is 3.10. The van der Waals surface area contributed by atoms with Gasteiger partial charge in [0.05, 0.1) is 38.2 Å². The Balaban J connectivity index is 1.52. The number of pyridine rings is 1. The van der Waals surface area contributed by atoms with E-state index in [-0.39, 0.29) is 18.0 Å². The van der Waals surface area contributed by atoms with Gasteiger partial charge in [-0.2, -0.15) is 5.10 Å². The molecule has 0 amide bonds. The van der Waals surface area contributed by atoms with E-state index >= 15 is 0 Å². The number of carbonyl (C=O) groups is 1. The number of rotatable bonds is 6. The Kier molecular flexibility index (Phi) is 6.40. The van der Waals surface area contributed by atoms with Crippen LogP contribution in [0.15, 0.2) is 36.5 Å². The zero-order valence-electron chi connectivity index (χ0n) is 17.0. The molecule has 0 aliphatic heterocycles. The first kappa shape index (κ1) is 20.9. The zero-order chi connectivity index (χ0) is 21.1. The number of halogens is 1. The van der Waals surface area contributed by atoms with Crippen LogP contribution in [0.1, 0.15) is 31.2 Å². The van der Waals surface area contributed by atoms with E-state index in [9.17, 15) is 4.79 Å². The molecule has 0 unspecified atom stereocenters. The molecule has 1 aromatic carbocycles. The molecule has 1 saturated carbocycles. The summed E-state index contributed by atoms with van der Waals surface area (Å²) in [5.74, 6) is 1.50. The zero-order valence-corrected chi connectivity index (χ0v) is 19.2. The lowest BCUT2D eigenvalue weighted by atomic mass is 9.87. The van der Waals surface area contributed by atoms with Crippen LogP contribution in [0.5, 0.6) is 11.5 Å². The van der Waals surface area contributed by atoms with Crippen LogP contribution in [-0.2, 0) is 16.1 Å². The second kappa shape index (κ2) is 9.20. The Hall–Kier alpha value is -2.36. The quantitative estimate of drug-likeness (QED) is 0.358. The second-order valence-corrected chi connectivity index (χ2v) is 8.44. The molecular formula is C22H24IN3O4. The van der Waals surface area contributed by atoms with Crippen LogP contribution in [0.3, 0.4) is 0 Å². The summed E-state index contributed by atoms with van der Waals surface area (Å²) in [4.78, 5) is 16.3. The fourth-order valence-corrected chi connectivity index (χ4v) is 4.67. The van der Waals surface area contributed by atoms with Crippen molar-refractivity contribution >= 4 is 39.6 Å². The predicted molar refractivity (Wildman–Crippen MR) is 121 cm³/mol. The van der Waals surface area contributed by atoms with Gasteiger partial charge in [-0.3, -0.25) is 4.79 Å². The standard InChI is InChI=1S/C22H24IN3O4/c1-28-16-7-3-14(4-8-16)13-26-21-19(20(23)25-26)18(11-12-24-21)30-17-9-5-15(6-10-17)22(27)29-2/h3-4,7-8,11-12,15,17H,5-6,9-10,13H2,1-2H3. The molecule has 0 bridgehead atoms. The highest BCUT2D eigenvalue weighted by Gasteiger charge is 2.28. The predicted octanol–water partition coefficient (Wildman–Crippen LogP) is 4.20. The molecule has 1 aliphatic carbocycles. The Morgan fingerprint density at radius 2 is 1.87 bits per heavy atom. The Morgan fingerprint density at radius 3 is 2.53 bits per heavy atom. The maximum Gasteiger partial charge on any atom is 0.308 e. The number of fused-ring (bicyclic) bond motifs is 1. The summed E-state index contributed by atoms with van der Waals surface area (Å²) in [6.07, 6.45) is 5.09. The van der Waals surface area contributed by atoms with Crippen molar-refractivity contribution in [2.75, 3.05) is 14.2 Å². The number of esters is 1. The Bertz CT molecular complexity index is 1030. The van der Waals surface area contributed by atoms with Gasteiger partial charge < -0.3 is 14.2 Å². The minimum atomic E-state index is -0.117. The Morgan fingerprint density at radius 1 is 1.13 bits per heavy atom. The maximum atomic E-state index is 11.7. The summed E-state index contributed by atoms with van der Waals surface area (Å²) in [6.45, 7) is 0.615. The Labute approximate surface area is 188 Å². The summed E-state index contributed by atoms with van der Waals surface area (Å²) >= 11 is 2.24. The van der Waals surface area contributed by atoms with E-state index in [0.29, 0.717) is 6.54 Å². The van der Waals surface area contributed by atoms with Gasteiger partial charge >= 0.3 is 5.97 Å². The molecule has 0 saturated heterocycles. The van der Waals surface area contributed by atoms with Crippen molar-refractivity contribution in [3.05, 3.63) is 45.8 Å². The van der Waals surface area contributed by atoms with Crippen LogP contribution < -0.4 is 9.47 Å². The molecule has 2 aromatic heterocycles. The summed E-state index contributed by atoms with van der Waals surface area (Å²) < 4.78 is 19.2. The van der Waals surface area contributed by atoms with Crippen molar-refractivity contribution in [3.63, 3.8) is 0 Å². The molecule has 30 heavy (non-hydrogen) atoms. The summed E-state index contributed by atoms with van der Waals surface area (Å²) in [5, 5.41) is 5.63. The summed E-state index contributed by atoms with van der Waals surface area (Å²) in [5.41, 5.74) is 1.92. The molecule has 1 aliphatic rings. The number of aromatic nitrogens is 3. The lowest BCUT2D eigenvalue weighted by Crippen LogP contribution is -2.28. The van der Waals surface area contributed by atoms with Gasteiger partial charge in [-0.05, 0) is 72.0 Å². The van der Waals surface area contributed by atoms with Gasteiger partial charge in [-0.15, -0.1) is 0 Å². The molecule has 158 valence electrons. The fourth-order valence-electron chi connectivity index (χ4n) is 3.90. The third-order valence-corrected chi connectivity index (χ3v) is 6.30. The van der Waals surface area contributed by atoms with E-state index in [1.807, 2.05) is 35.0 Å². The van der Waals surface area contributed by atoms with Crippen molar-refractivity contribution in [3.8, 4) is 11.5 Å². The normalized spacial score (nSPS) is 18.9. The molecule has 3 aromatic rings. The van der Waals surface area contributed by atoms with Crippen LogP contribution >= 0.6 is 22.6 Å². The van der Waals surface area contributed by atoms with Crippen molar-refractivity contribution in [1.82, 2.24) is 14.8 Å². The molecule has 0 radical (unpaired) electrons. The third kappa shape index (κ3) is 4.38. The van der Waals surface area contributed by atoms with E-state index in [1.165, 1.54) is 7.11 Å². The minimum Gasteiger partial charge on any atom is -0.497 e. The first-order valence-corrected chi connectivity index (χ1v) is 11.1. The van der Waals surface area contributed by atoms with E-state index in [0.717, 1.165) is 57.5 Å². The molecule has 1 fully saturated rings. The maximum absolute atomic E-state index is 11.7. The number of methoxy groups -OCH3 is 2. The smallest absolute Gasteiger partial charge is 0.308 e. The highest BCUT2D eigenvalue weighted by molar-refractivity contribution is 14.1. The third-order valence-electron chi connectivity index (χ3n) is 5.55. The van der Waals surface area contributed by atoms with Crippen molar-refractivity contribution in [2.24, 2.45) is 5.92 Å². The topological polar surface area (TPSA) is 75.5 Å². The molecule has 7 nitrogen and oxygen atoms in total. The van der Waals surface area contributed by atoms with Crippen LogP contribution in [0.25, 0.3) is 11.0 Å². The number of carbonyl (C=O) groups excluding carboxylic acids is 1. The highest BCUT2D eigenvalue weighted by atomic mass is 127. The van der Waals surface area contributed by atoms with Crippen LogP contribution in [0.2, 0.25) is 0 Å². The van der Waals surface area contributed by atoms with Crippen LogP contribution in [-0.4, -0.2) is 41.1 Å². The highest BCUT2D eigenvalue weighted by Crippen LogP contribution is 2.33. The van der Waals surface area contributed by atoms with Crippen molar-refractivity contribution in [1.29, 1.82) is 0 Å². The van der Waals surface area contributed by atoms with E-state index in [4.69, 9.17) is 19.3 Å². The summed E-state index contributed by atoms with van der Waals surface area (Å²) in [7, 11) is 3.11. The van der Waals surface area contributed by atoms with Gasteiger partial charge in [0.2, 0.25) is 0 Å². The average molecular weight is 521 g/mol. The van der Waals surface area contributed by atoms with E-state index in [2.05, 4.69) is 27.6 Å². The molecule has 0 spiro atoms. The van der Waals surface area contributed by atoms with Gasteiger partial charge in [0.15, 0.2) is 5.65 Å². The minimum absolute atomic E-state index is 0.0142. The first-order chi connectivity index (χ1) is 14.6. The van der Waals surface area contributed by atoms with Gasteiger partial charge in [-0.25, -0.2) is 9.67 Å². The first-order valence-electron chi connectivity index (χ1n) is 9.97. The molecule has 4 rings (SSSR count). The number of ether oxygens (including phenoxy) is 3. The van der Waals surface area contributed by atoms with Gasteiger partial charge in [0.25, 0.3) is 0 Å². The molecule has 2 heterocycles. The molecule has 8 heteroatoms. The van der Waals surface area contributed by atoms with E-state index < -0.39 is 0 Å². The van der Waals surface area contributed by atoms with Crippen LogP contribution in [0, 0.1) is 9.62 Å². The van der Waals surface area contributed by atoms with Gasteiger partial charge in [-0.1, -0.05) is 12.1 Å². The largest absolute Gasteiger partial charge is 0.497 e. The van der Waals surface area contributed by atoms with Crippen molar-refractivity contribution in [2.45, 2.75) is 38.3 Å². The lowest BCUT2D eigenvalue weighted by Gasteiger charge is -2.27. The van der Waals surface area contributed by atoms with Gasteiger partial charge in [0, 0.05) is 6.20 Å². The van der Waals surface area contributed by atoms with Crippen LogP contribution in [0.4, 0.5) is 0 Å². The monoisotopic (exact) mass is 521 g/mol.